The van der Waals surface area contributed by atoms with Crippen LogP contribution in [0.1, 0.15) is 12.8 Å². The Labute approximate surface area is 284 Å². The summed E-state index contributed by atoms with van der Waals surface area (Å²) < 4.78 is 21.0. The van der Waals surface area contributed by atoms with Crippen LogP contribution in [-0.4, -0.2) is 98.4 Å². The number of rotatable bonds is 8. The van der Waals surface area contributed by atoms with E-state index in [2.05, 4.69) is 64.9 Å². The number of benzene rings is 2. The van der Waals surface area contributed by atoms with E-state index < -0.39 is 7.14 Å². The summed E-state index contributed by atoms with van der Waals surface area (Å²) in [5, 5.41) is 12.9. The monoisotopic (exact) mass is 677 g/mol. The number of nitrogens with one attached hydrogen (secondary N) is 3. The minimum atomic E-state index is -2.76. The molecule has 0 amide bonds. The van der Waals surface area contributed by atoms with Crippen molar-refractivity contribution in [3.05, 3.63) is 67.4 Å². The number of piperidine rings is 1. The van der Waals surface area contributed by atoms with E-state index in [0.29, 0.717) is 45.5 Å². The molecule has 0 unspecified atom stereocenters. The molecular formula is C35H40N11O2P. The number of morpholine rings is 1. The molecule has 2 aliphatic heterocycles. The van der Waals surface area contributed by atoms with Crippen LogP contribution in [0, 0.1) is 0 Å². The van der Waals surface area contributed by atoms with E-state index in [9.17, 15) is 4.57 Å². The minimum absolute atomic E-state index is 0.423. The van der Waals surface area contributed by atoms with E-state index in [1.54, 1.807) is 25.7 Å². The van der Waals surface area contributed by atoms with Gasteiger partial charge < -0.3 is 29.8 Å². The maximum atomic E-state index is 13.6. The van der Waals surface area contributed by atoms with Crippen molar-refractivity contribution in [2.45, 2.75) is 18.9 Å². The smallest absolute Gasteiger partial charge is 0.231 e. The molecule has 2 fully saturated rings. The Morgan fingerprint density at radius 3 is 2.55 bits per heavy atom. The van der Waals surface area contributed by atoms with Gasteiger partial charge in [-0.25, -0.2) is 0 Å². The predicted octanol–water partition coefficient (Wildman–Crippen LogP) is 5.34. The molecule has 6 aromatic rings. The van der Waals surface area contributed by atoms with Gasteiger partial charge in [-0.2, -0.15) is 15.1 Å². The fourth-order valence-corrected chi connectivity index (χ4v) is 8.51. The van der Waals surface area contributed by atoms with Gasteiger partial charge in [0, 0.05) is 86.6 Å². The molecule has 0 saturated carbocycles. The lowest BCUT2D eigenvalue weighted by Crippen LogP contribution is -2.49. The maximum absolute atomic E-state index is 13.6. The van der Waals surface area contributed by atoms with E-state index >= 15 is 0 Å². The van der Waals surface area contributed by atoms with Crippen LogP contribution in [0.3, 0.4) is 0 Å². The van der Waals surface area contributed by atoms with Gasteiger partial charge in [-0.3, -0.25) is 19.5 Å². The van der Waals surface area contributed by atoms with Gasteiger partial charge in [0.1, 0.15) is 24.1 Å². The van der Waals surface area contributed by atoms with Crippen LogP contribution in [0.15, 0.2) is 67.4 Å². The molecule has 0 aliphatic carbocycles. The van der Waals surface area contributed by atoms with Gasteiger partial charge in [0.05, 0.1) is 41.3 Å². The molecule has 49 heavy (non-hydrogen) atoms. The highest BCUT2D eigenvalue weighted by atomic mass is 31.2. The van der Waals surface area contributed by atoms with Crippen molar-refractivity contribution in [2.24, 2.45) is 7.05 Å². The average molecular weight is 678 g/mol. The third-order valence-electron chi connectivity index (χ3n) is 9.46. The van der Waals surface area contributed by atoms with Crippen LogP contribution in [0.2, 0.25) is 0 Å². The molecule has 13 nitrogen and oxygen atoms in total. The molecule has 3 N–H and O–H groups in total. The topological polar surface area (TPSA) is 142 Å². The molecular weight excluding hydrogens is 637 g/mol. The van der Waals surface area contributed by atoms with Crippen molar-refractivity contribution in [1.29, 1.82) is 0 Å². The van der Waals surface area contributed by atoms with E-state index in [4.69, 9.17) is 14.7 Å². The second kappa shape index (κ2) is 12.9. The lowest BCUT2D eigenvalue weighted by atomic mass is 9.99. The summed E-state index contributed by atoms with van der Waals surface area (Å²) in [6, 6.07) is 12.7. The molecule has 0 bridgehead atoms. The summed E-state index contributed by atoms with van der Waals surface area (Å²) in [6.45, 7) is 9.19. The number of aromatic amines is 1. The number of hydrogen-bond acceptors (Lipinski definition) is 11. The summed E-state index contributed by atoms with van der Waals surface area (Å²) in [5.41, 5.74) is 6.86. The first-order chi connectivity index (χ1) is 23.8. The van der Waals surface area contributed by atoms with Gasteiger partial charge in [0.25, 0.3) is 0 Å². The number of H-pyrrole nitrogens is 1. The highest BCUT2D eigenvalue weighted by Crippen LogP contribution is 2.41. The second-order valence-corrected chi connectivity index (χ2v) is 16.3. The van der Waals surface area contributed by atoms with E-state index in [1.165, 1.54) is 5.69 Å². The van der Waals surface area contributed by atoms with Crippen molar-refractivity contribution in [2.75, 3.05) is 68.3 Å². The highest BCUT2D eigenvalue weighted by Gasteiger charge is 2.28. The Balaban J connectivity index is 1.10. The molecule has 0 spiro atoms. The summed E-state index contributed by atoms with van der Waals surface area (Å²) in [7, 11) is -0.820. The third kappa shape index (κ3) is 6.37. The molecule has 2 aromatic carbocycles. The minimum Gasteiger partial charge on any atom is -0.379 e. The maximum Gasteiger partial charge on any atom is 0.231 e. The first kappa shape index (κ1) is 31.4. The zero-order valence-corrected chi connectivity index (χ0v) is 28.8. The van der Waals surface area contributed by atoms with Gasteiger partial charge in [-0.1, -0.05) is 0 Å². The largest absolute Gasteiger partial charge is 0.379 e. The quantitative estimate of drug-likeness (QED) is 0.180. The van der Waals surface area contributed by atoms with Crippen LogP contribution in [0.4, 0.5) is 28.8 Å². The summed E-state index contributed by atoms with van der Waals surface area (Å²) >= 11 is 0. The molecule has 2 saturated heterocycles. The summed E-state index contributed by atoms with van der Waals surface area (Å²) in [4.78, 5) is 27.0. The third-order valence-corrected chi connectivity index (χ3v) is 11.0. The predicted molar refractivity (Wildman–Crippen MR) is 195 cm³/mol. The first-order valence-corrected chi connectivity index (χ1v) is 19.3. The van der Waals surface area contributed by atoms with Crippen LogP contribution in [0.5, 0.6) is 0 Å². The van der Waals surface area contributed by atoms with Crippen LogP contribution in [-0.2, 0) is 16.3 Å². The number of aryl methyl sites for hydroxylation is 1. The number of ether oxygens (including phenoxy) is 1. The van der Waals surface area contributed by atoms with Crippen molar-refractivity contribution < 1.29 is 9.30 Å². The van der Waals surface area contributed by atoms with E-state index in [-0.39, 0.29) is 0 Å². The number of anilines is 5. The Kier molecular flexibility index (Phi) is 8.26. The zero-order valence-electron chi connectivity index (χ0n) is 27.9. The Morgan fingerprint density at radius 2 is 1.78 bits per heavy atom. The highest BCUT2D eigenvalue weighted by molar-refractivity contribution is 7.71. The molecule has 252 valence electrons. The lowest BCUT2D eigenvalue weighted by Gasteiger charge is -2.41. The van der Waals surface area contributed by atoms with Gasteiger partial charge in [0.2, 0.25) is 5.95 Å². The molecule has 6 heterocycles. The summed E-state index contributed by atoms with van der Waals surface area (Å²) in [6.07, 6.45) is 11.3. The molecule has 14 heteroatoms. The zero-order chi connectivity index (χ0) is 33.5. The van der Waals surface area contributed by atoms with Crippen molar-refractivity contribution in [3.8, 4) is 11.1 Å². The van der Waals surface area contributed by atoms with Gasteiger partial charge in [-0.15, -0.1) is 0 Å². The SMILES string of the molecule is Cn1cc(-c2cc(Nc3nc(Nc4ccc5nccnc5c4P(C)(C)=O)c4cc[nH]c4n3)ccc2N2CCC(N3CCOCC3)CC2)cn1. The average Bonchev–Trinajstić information content (AvgIpc) is 3.77. The molecule has 8 rings (SSSR count). The van der Waals surface area contributed by atoms with Crippen molar-refractivity contribution in [1.82, 2.24) is 39.6 Å². The second-order valence-electron chi connectivity index (χ2n) is 13.1. The normalized spacial score (nSPS) is 16.4. The van der Waals surface area contributed by atoms with E-state index in [0.717, 1.165) is 74.4 Å². The molecule has 2 aliphatic rings. The Hall–Kier alpha value is -4.84. The fourth-order valence-electron chi connectivity index (χ4n) is 7.11. The Morgan fingerprint density at radius 1 is 0.959 bits per heavy atom. The first-order valence-electron chi connectivity index (χ1n) is 16.7. The summed E-state index contributed by atoms with van der Waals surface area (Å²) in [5.74, 6) is 1.01. The molecule has 4 aromatic heterocycles. The van der Waals surface area contributed by atoms with E-state index in [1.807, 2.05) is 42.3 Å². The molecule has 0 radical (unpaired) electrons. The van der Waals surface area contributed by atoms with Crippen molar-refractivity contribution >= 4 is 63.3 Å². The van der Waals surface area contributed by atoms with Gasteiger partial charge in [0.15, 0.2) is 0 Å². The Bertz CT molecular complexity index is 2180. The number of aromatic nitrogens is 7. The van der Waals surface area contributed by atoms with Gasteiger partial charge in [-0.05, 0) is 62.6 Å². The van der Waals surface area contributed by atoms with Gasteiger partial charge >= 0.3 is 0 Å². The van der Waals surface area contributed by atoms with Crippen LogP contribution < -0.4 is 20.8 Å². The fraction of sp³-hybridized carbons (Fsp3) is 0.343. The van der Waals surface area contributed by atoms with Crippen LogP contribution in [0.25, 0.3) is 33.2 Å². The van der Waals surface area contributed by atoms with Crippen LogP contribution >= 0.6 is 7.14 Å². The molecule has 0 atom stereocenters. The number of hydrogen-bond donors (Lipinski definition) is 3. The lowest BCUT2D eigenvalue weighted by molar-refractivity contribution is 0.0115. The standard InChI is InChI=1S/C35H40N11O2P/c1-44-22-23(21-39-44)27-20-24(4-7-30(27)46-14-9-25(10-15-46)45-16-18-48-19-17-45)40-35-42-33-26(8-11-38-33)34(43-35)41-29-6-5-28-31(37-13-12-36-28)32(29)49(2,3)47/h4-8,11-13,20-22,25H,9-10,14-19H2,1-3H3,(H3,38,40,41,42,43). The number of fused-ring (bicyclic) bond motifs is 2. The number of nitrogens with zero attached hydrogens (tertiary/aromatic N) is 8. The van der Waals surface area contributed by atoms with Crippen molar-refractivity contribution in [3.63, 3.8) is 0 Å².